The average molecular weight is 171 g/mol. The first-order chi connectivity index (χ1) is 5.11. The molecule has 1 atom stereocenters. The largest absolute Gasteiger partial charge is 0.354 e. The Morgan fingerprint density at radius 3 is 2.55 bits per heavy atom. The van der Waals surface area contributed by atoms with Gasteiger partial charge in [0.15, 0.2) is 5.13 Å². The zero-order valence-electron chi connectivity index (χ0n) is 7.03. The van der Waals surface area contributed by atoms with E-state index in [4.69, 9.17) is 5.73 Å². The predicted octanol–water partition coefficient (Wildman–Crippen LogP) is 1.23. The first kappa shape index (κ1) is 8.49. The summed E-state index contributed by atoms with van der Waals surface area (Å²) in [6, 6.07) is 0.0416. The van der Waals surface area contributed by atoms with E-state index in [2.05, 4.69) is 4.98 Å². The van der Waals surface area contributed by atoms with Crippen molar-refractivity contribution in [1.29, 1.82) is 0 Å². The number of aromatic nitrogens is 1. The van der Waals surface area contributed by atoms with Gasteiger partial charge in [0.05, 0.1) is 5.69 Å². The Morgan fingerprint density at radius 1 is 1.64 bits per heavy atom. The minimum Gasteiger partial charge on any atom is -0.354 e. The highest BCUT2D eigenvalue weighted by Crippen LogP contribution is 2.20. The van der Waals surface area contributed by atoms with Crippen molar-refractivity contribution in [2.24, 2.45) is 5.73 Å². The second-order valence-corrected chi connectivity index (χ2v) is 3.57. The van der Waals surface area contributed by atoms with Crippen LogP contribution >= 0.6 is 11.3 Å². The molecule has 11 heavy (non-hydrogen) atoms. The van der Waals surface area contributed by atoms with Gasteiger partial charge in [-0.05, 0) is 6.92 Å². The van der Waals surface area contributed by atoms with E-state index in [1.807, 2.05) is 31.3 Å². The first-order valence-electron chi connectivity index (χ1n) is 3.49. The summed E-state index contributed by atoms with van der Waals surface area (Å²) in [5.41, 5.74) is 6.62. The maximum atomic E-state index is 5.65. The molecule has 0 aliphatic carbocycles. The molecule has 4 heteroatoms. The van der Waals surface area contributed by atoms with Crippen molar-refractivity contribution in [3.8, 4) is 0 Å². The number of hydrogen-bond donors (Lipinski definition) is 1. The molecule has 62 valence electrons. The lowest BCUT2D eigenvalue weighted by atomic mass is 10.3. The van der Waals surface area contributed by atoms with Crippen molar-refractivity contribution in [3.05, 3.63) is 11.1 Å². The van der Waals surface area contributed by atoms with E-state index < -0.39 is 0 Å². The minimum absolute atomic E-state index is 0.0416. The van der Waals surface area contributed by atoms with Crippen molar-refractivity contribution in [2.45, 2.75) is 13.0 Å². The van der Waals surface area contributed by atoms with Crippen molar-refractivity contribution in [2.75, 3.05) is 19.0 Å². The van der Waals surface area contributed by atoms with Gasteiger partial charge in [0, 0.05) is 25.5 Å². The highest BCUT2D eigenvalue weighted by molar-refractivity contribution is 7.13. The van der Waals surface area contributed by atoms with Crippen LogP contribution < -0.4 is 10.6 Å². The van der Waals surface area contributed by atoms with Crippen LogP contribution in [0, 0.1) is 0 Å². The molecule has 0 amide bonds. The van der Waals surface area contributed by atoms with Gasteiger partial charge >= 0.3 is 0 Å². The SMILES string of the molecule is CC(N)c1csc(N(C)C)n1. The van der Waals surface area contributed by atoms with Crippen molar-refractivity contribution in [1.82, 2.24) is 4.98 Å². The molecule has 0 spiro atoms. The third-order valence-electron chi connectivity index (χ3n) is 1.36. The summed E-state index contributed by atoms with van der Waals surface area (Å²) in [4.78, 5) is 6.31. The standard InChI is InChI=1S/C7H13N3S/c1-5(8)6-4-11-7(9-6)10(2)3/h4-5H,8H2,1-3H3. The molecule has 3 nitrogen and oxygen atoms in total. The van der Waals surface area contributed by atoms with Gasteiger partial charge in [-0.15, -0.1) is 11.3 Å². The normalized spacial score (nSPS) is 13.1. The van der Waals surface area contributed by atoms with Gasteiger partial charge in [0.25, 0.3) is 0 Å². The molecule has 1 aromatic heterocycles. The lowest BCUT2D eigenvalue weighted by Gasteiger charge is -2.05. The Hall–Kier alpha value is -0.610. The average Bonchev–Trinajstić information content (AvgIpc) is 2.33. The summed E-state index contributed by atoms with van der Waals surface area (Å²) < 4.78 is 0. The van der Waals surface area contributed by atoms with Gasteiger partial charge in [-0.3, -0.25) is 0 Å². The number of nitrogens with zero attached hydrogens (tertiary/aromatic N) is 2. The molecule has 1 rings (SSSR count). The van der Waals surface area contributed by atoms with Crippen LogP contribution in [-0.4, -0.2) is 19.1 Å². The molecule has 0 saturated heterocycles. The summed E-state index contributed by atoms with van der Waals surface area (Å²) >= 11 is 1.62. The fraction of sp³-hybridized carbons (Fsp3) is 0.571. The molecular formula is C7H13N3S. The highest BCUT2D eigenvalue weighted by Gasteiger charge is 2.05. The molecule has 0 fully saturated rings. The molecule has 0 bridgehead atoms. The quantitative estimate of drug-likeness (QED) is 0.727. The van der Waals surface area contributed by atoms with Crippen LogP contribution in [0.2, 0.25) is 0 Å². The van der Waals surface area contributed by atoms with E-state index >= 15 is 0 Å². The van der Waals surface area contributed by atoms with Crippen molar-refractivity contribution >= 4 is 16.5 Å². The molecule has 0 aromatic carbocycles. The molecule has 0 aliphatic heterocycles. The third-order valence-corrected chi connectivity index (χ3v) is 2.39. The topological polar surface area (TPSA) is 42.1 Å². The lowest BCUT2D eigenvalue weighted by Crippen LogP contribution is -2.10. The van der Waals surface area contributed by atoms with Gasteiger partial charge in [-0.25, -0.2) is 4.98 Å². The highest BCUT2D eigenvalue weighted by atomic mass is 32.1. The fourth-order valence-electron chi connectivity index (χ4n) is 0.691. The third kappa shape index (κ3) is 1.91. The molecular weight excluding hydrogens is 158 g/mol. The Morgan fingerprint density at radius 2 is 2.27 bits per heavy atom. The second-order valence-electron chi connectivity index (χ2n) is 2.74. The second kappa shape index (κ2) is 3.19. The summed E-state index contributed by atoms with van der Waals surface area (Å²) in [6.07, 6.45) is 0. The fourth-order valence-corrected chi connectivity index (χ4v) is 1.55. The van der Waals surface area contributed by atoms with E-state index in [-0.39, 0.29) is 6.04 Å². The molecule has 0 saturated carbocycles. The van der Waals surface area contributed by atoms with Crippen LogP contribution in [0.5, 0.6) is 0 Å². The molecule has 1 aromatic rings. The Kier molecular flexibility index (Phi) is 2.46. The lowest BCUT2D eigenvalue weighted by molar-refractivity contribution is 0.788. The van der Waals surface area contributed by atoms with Crippen molar-refractivity contribution in [3.63, 3.8) is 0 Å². The smallest absolute Gasteiger partial charge is 0.185 e. The van der Waals surface area contributed by atoms with Crippen molar-refractivity contribution < 1.29 is 0 Å². The van der Waals surface area contributed by atoms with Crippen LogP contribution in [0.15, 0.2) is 5.38 Å². The van der Waals surface area contributed by atoms with Gasteiger partial charge in [0.2, 0.25) is 0 Å². The molecule has 2 N–H and O–H groups in total. The zero-order valence-corrected chi connectivity index (χ0v) is 7.85. The summed E-state index contributed by atoms with van der Waals surface area (Å²) in [6.45, 7) is 1.94. The molecule has 0 radical (unpaired) electrons. The Labute approximate surface area is 70.9 Å². The monoisotopic (exact) mass is 171 g/mol. The van der Waals surface area contributed by atoms with Crippen LogP contribution in [0.3, 0.4) is 0 Å². The van der Waals surface area contributed by atoms with Crippen LogP contribution in [-0.2, 0) is 0 Å². The van der Waals surface area contributed by atoms with E-state index in [1.54, 1.807) is 11.3 Å². The Balaban J connectivity index is 2.82. The van der Waals surface area contributed by atoms with E-state index in [1.165, 1.54) is 0 Å². The van der Waals surface area contributed by atoms with E-state index in [0.717, 1.165) is 10.8 Å². The van der Waals surface area contributed by atoms with Crippen LogP contribution in [0.25, 0.3) is 0 Å². The number of nitrogens with two attached hydrogens (primary N) is 1. The summed E-state index contributed by atoms with van der Waals surface area (Å²) in [5.74, 6) is 0. The maximum absolute atomic E-state index is 5.65. The zero-order chi connectivity index (χ0) is 8.43. The number of rotatable bonds is 2. The molecule has 1 heterocycles. The van der Waals surface area contributed by atoms with E-state index in [0.29, 0.717) is 0 Å². The first-order valence-corrected chi connectivity index (χ1v) is 4.37. The van der Waals surface area contributed by atoms with E-state index in [9.17, 15) is 0 Å². The molecule has 0 aliphatic rings. The van der Waals surface area contributed by atoms with Gasteiger partial charge in [-0.1, -0.05) is 0 Å². The number of hydrogen-bond acceptors (Lipinski definition) is 4. The number of anilines is 1. The molecule has 1 unspecified atom stereocenters. The summed E-state index contributed by atoms with van der Waals surface area (Å²) in [5, 5.41) is 3.01. The maximum Gasteiger partial charge on any atom is 0.185 e. The predicted molar refractivity (Wildman–Crippen MR) is 49.0 cm³/mol. The van der Waals surface area contributed by atoms with Gasteiger partial charge in [0.1, 0.15) is 0 Å². The summed E-state index contributed by atoms with van der Waals surface area (Å²) in [7, 11) is 3.95. The number of thiazole rings is 1. The van der Waals surface area contributed by atoms with Crippen LogP contribution in [0.1, 0.15) is 18.7 Å². The van der Waals surface area contributed by atoms with Gasteiger partial charge < -0.3 is 10.6 Å². The minimum atomic E-state index is 0.0416. The Bertz CT molecular complexity index is 207. The van der Waals surface area contributed by atoms with Gasteiger partial charge in [-0.2, -0.15) is 0 Å². The van der Waals surface area contributed by atoms with Crippen LogP contribution in [0.4, 0.5) is 5.13 Å².